The van der Waals surface area contributed by atoms with Gasteiger partial charge in [-0.3, -0.25) is 52.9 Å². The van der Waals surface area contributed by atoms with E-state index in [4.69, 9.17) is 22.9 Å². The summed E-state index contributed by atoms with van der Waals surface area (Å²) in [4.78, 5) is 157. The number of ketones is 4. The number of aromatic amines is 1. The zero-order chi connectivity index (χ0) is 66.6. The Labute approximate surface area is 522 Å². The summed E-state index contributed by atoms with van der Waals surface area (Å²) < 4.78 is 14.1. The van der Waals surface area contributed by atoms with Crippen LogP contribution < -0.4 is 60.2 Å². The molecule has 18 N–H and O–H groups in total. The van der Waals surface area contributed by atoms with Gasteiger partial charge < -0.3 is 75.3 Å². The number of aliphatic imine (C=N–C) groups is 1. The number of nitrogens with zero attached hydrogens (tertiary/aromatic N) is 1. The van der Waals surface area contributed by atoms with Crippen molar-refractivity contribution in [2.24, 2.45) is 51.6 Å². The van der Waals surface area contributed by atoms with E-state index in [0.29, 0.717) is 30.4 Å². The molecule has 1 heterocycles. The summed E-state index contributed by atoms with van der Waals surface area (Å²) in [6.07, 6.45) is -1.07. The Hall–Kier alpha value is -9.11. The van der Waals surface area contributed by atoms with Gasteiger partial charge in [0, 0.05) is 75.1 Å². The van der Waals surface area contributed by atoms with Gasteiger partial charge in [0.05, 0.1) is 49.2 Å². The number of aromatic nitrogens is 1. The number of benzene rings is 3. The van der Waals surface area contributed by atoms with Crippen LogP contribution in [0.2, 0.25) is 0 Å². The van der Waals surface area contributed by atoms with Crippen molar-refractivity contribution >= 4 is 81.5 Å². The van der Waals surface area contributed by atoms with Crippen molar-refractivity contribution in [3.8, 4) is 5.75 Å². The van der Waals surface area contributed by atoms with Crippen LogP contribution in [0.5, 0.6) is 5.75 Å². The van der Waals surface area contributed by atoms with E-state index in [1.807, 2.05) is 24.3 Å². The molecule has 8 amide bonds. The number of hydrogen-bond acceptors (Lipinski definition) is 15. The van der Waals surface area contributed by atoms with Crippen LogP contribution in [0.1, 0.15) is 109 Å². The lowest BCUT2D eigenvalue weighted by Gasteiger charge is -2.26. The molecule has 0 unspecified atom stereocenters. The highest BCUT2D eigenvalue weighted by Gasteiger charge is 2.37. The van der Waals surface area contributed by atoms with Crippen LogP contribution in [0.25, 0.3) is 10.9 Å². The van der Waals surface area contributed by atoms with E-state index in [-0.39, 0.29) is 69.2 Å². The first-order valence-electron chi connectivity index (χ1n) is 30.0. The quantitative estimate of drug-likeness (QED) is 0.0169. The topological polar surface area (TPSA) is 445 Å². The molecule has 0 aliphatic rings. The van der Waals surface area contributed by atoms with Crippen LogP contribution in [0.3, 0.4) is 0 Å². The number of para-hydroxylation sites is 1. The third kappa shape index (κ3) is 25.2. The third-order valence-corrected chi connectivity index (χ3v) is 15.2. The van der Waals surface area contributed by atoms with Crippen LogP contribution in [-0.4, -0.2) is 149 Å². The van der Waals surface area contributed by atoms with Gasteiger partial charge >= 0.3 is 6.03 Å². The number of carbonyl (C=O) groups excluding carboxylic acids is 11. The molecule has 0 saturated heterocycles. The van der Waals surface area contributed by atoms with E-state index >= 15 is 0 Å². The average molecular weight is 1250 g/mol. The zero-order valence-electron chi connectivity index (χ0n) is 51.6. The fourth-order valence-corrected chi connectivity index (χ4v) is 10.2. The summed E-state index contributed by atoms with van der Waals surface area (Å²) in [7, 11) is 1.49. The van der Waals surface area contributed by atoms with Crippen molar-refractivity contribution in [2.45, 2.75) is 147 Å². The maximum absolute atomic E-state index is 14.3. The zero-order valence-corrected chi connectivity index (χ0v) is 51.6. The monoisotopic (exact) mass is 1250 g/mol. The number of H-pyrrole nitrogens is 1. The molecule has 0 radical (unpaired) electrons. The molecule has 27 heteroatoms. The largest absolute Gasteiger partial charge is 0.508 e. The number of fused-ring (bicyclic) bond motifs is 1. The van der Waals surface area contributed by atoms with Crippen LogP contribution in [0, 0.1) is 29.5 Å². The summed E-state index contributed by atoms with van der Waals surface area (Å²) in [6.45, 7) is 5.76. The smallest absolute Gasteiger partial charge is 0.315 e. The van der Waals surface area contributed by atoms with E-state index in [2.05, 4.69) is 47.2 Å². The number of aliphatic hydroxyl groups is 1. The molecule has 0 bridgehead atoms. The summed E-state index contributed by atoms with van der Waals surface area (Å²) >= 11 is 0. The van der Waals surface area contributed by atoms with Gasteiger partial charge in [-0.25, -0.2) is 9.18 Å². The lowest BCUT2D eigenvalue weighted by Crippen LogP contribution is -2.53. The first-order valence-corrected chi connectivity index (χ1v) is 30.0. The van der Waals surface area contributed by atoms with E-state index in [0.717, 1.165) is 28.6 Å². The highest BCUT2D eigenvalue weighted by molar-refractivity contribution is 5.99. The van der Waals surface area contributed by atoms with Crippen molar-refractivity contribution in [1.29, 1.82) is 0 Å². The molecule has 0 spiro atoms. The second-order valence-electron chi connectivity index (χ2n) is 23.0. The van der Waals surface area contributed by atoms with Crippen LogP contribution >= 0.6 is 0 Å². The van der Waals surface area contributed by atoms with Gasteiger partial charge in [-0.2, -0.15) is 0 Å². The Balaban J connectivity index is 1.51. The number of rotatable bonds is 40. The molecule has 0 aliphatic heterocycles. The Bertz CT molecular complexity index is 3140. The number of guanidine groups is 1. The van der Waals surface area contributed by atoms with Crippen LogP contribution in [0.15, 0.2) is 84.0 Å². The molecule has 26 nitrogen and oxygen atoms in total. The fourth-order valence-electron chi connectivity index (χ4n) is 10.2. The second kappa shape index (κ2) is 37.0. The fraction of sp³-hybridized carbons (Fsp3) is 0.492. The number of carbonyl (C=O) groups is 11. The minimum atomic E-state index is -1.67. The normalized spacial score (nSPS) is 14.5. The SMILES string of the molecule is CN=C(N)NCCC[C@H](CC(=O)[C@H](CC(C)C)NC(=O)NCC(=O)[C@H](Cc1ccc(F)cc1)NC(=O)[C@@H](CC(=O)[C@H](CC(N)=O)NC(=O)[C@H](CCCCN)CC(=O)[C@@H](Cc1ccc(O)cc1)NC(C)=O)[C@@H](C)O)C(=O)N[C@@H](Cc1c[nH]c2ccccc12)C(N)=O. The predicted octanol–water partition coefficient (Wildman–Crippen LogP) is 1.19. The molecule has 4 rings (SSSR count). The van der Waals surface area contributed by atoms with Gasteiger partial charge in [-0.15, -0.1) is 0 Å². The molecule has 4 aromatic rings. The van der Waals surface area contributed by atoms with Crippen molar-refractivity contribution in [1.82, 2.24) is 42.2 Å². The molecule has 1 aromatic heterocycles. The molecular formula is C63H88FN13O13. The number of phenols is 1. The van der Waals surface area contributed by atoms with Gasteiger partial charge in [0.25, 0.3) is 0 Å². The van der Waals surface area contributed by atoms with Gasteiger partial charge in [0.2, 0.25) is 35.4 Å². The summed E-state index contributed by atoms with van der Waals surface area (Å²) in [6, 6.07) is 10.6. The van der Waals surface area contributed by atoms with Gasteiger partial charge in [0.1, 0.15) is 17.6 Å². The number of hydrogen-bond donors (Lipinski definition) is 14. The number of phenolic OH excluding ortho intramolecular Hbond substituents is 1. The Morgan fingerprint density at radius 2 is 1.17 bits per heavy atom. The Morgan fingerprint density at radius 3 is 1.73 bits per heavy atom. The summed E-state index contributed by atoms with van der Waals surface area (Å²) in [5, 5.41) is 39.9. The van der Waals surface area contributed by atoms with Crippen molar-refractivity contribution in [3.05, 3.63) is 102 Å². The van der Waals surface area contributed by atoms with E-state index in [1.54, 1.807) is 32.2 Å². The number of amides is 8. The first-order chi connectivity index (χ1) is 42.7. The highest BCUT2D eigenvalue weighted by Crippen LogP contribution is 2.23. The summed E-state index contributed by atoms with van der Waals surface area (Å²) in [5.41, 5.74) is 25.3. The van der Waals surface area contributed by atoms with Gasteiger partial charge in [-0.05, 0) is 111 Å². The predicted molar refractivity (Wildman–Crippen MR) is 334 cm³/mol. The van der Waals surface area contributed by atoms with Gasteiger partial charge in [0.15, 0.2) is 29.1 Å². The van der Waals surface area contributed by atoms with Crippen molar-refractivity contribution in [3.63, 3.8) is 0 Å². The molecule has 90 heavy (non-hydrogen) atoms. The number of halogens is 1. The maximum atomic E-state index is 14.3. The number of unbranched alkanes of at least 4 members (excludes halogenated alkanes) is 1. The first kappa shape index (κ1) is 73.4. The van der Waals surface area contributed by atoms with E-state index in [9.17, 15) is 67.3 Å². The Morgan fingerprint density at radius 1 is 0.611 bits per heavy atom. The minimum absolute atomic E-state index is 0.0144. The Kier molecular flexibility index (Phi) is 30.2. The second-order valence-corrected chi connectivity index (χ2v) is 23.0. The lowest BCUT2D eigenvalue weighted by molar-refractivity contribution is -0.137. The molecule has 0 fully saturated rings. The van der Waals surface area contributed by atoms with Crippen molar-refractivity contribution in [2.75, 3.05) is 26.7 Å². The number of urea groups is 1. The number of Topliss-reactive ketones (excluding diaryl/α,β-unsaturated/α-hetero) is 4. The molecule has 490 valence electrons. The summed E-state index contributed by atoms with van der Waals surface area (Å²) in [5.74, 6) is -12.2. The average Bonchev–Trinajstić information content (AvgIpc) is 1.87. The highest BCUT2D eigenvalue weighted by atomic mass is 19.1. The van der Waals surface area contributed by atoms with Gasteiger partial charge in [-0.1, -0.05) is 62.7 Å². The standard InChI is InChI=1S/C63H88FN13O13/c1-35(2)25-48(53(81)30-41(12-10-24-70-62(68)69-5)60(88)76-52(58(67)86)28-42-33-71-47-14-7-6-13-45(42)47)77-63(90)72-34-56(84)50(27-38-15-19-43(64)20-16-38)75-61(89)46(36(3)78)31-55(83)51(32-57(66)85)74-59(87)40(11-8-9-23-65)29-54(82)49(73-37(4)79)26-39-17-21-44(80)22-18-39/h6-7,13-22,33,35-36,40-41,46,48-52,71,78,80H,8-12,23-32,34,65H2,1-5H3,(H2,66,85)(H2,67,86)(H,73,79)(H,74,87)(H,75,89)(H,76,88)(H3,68,69,70)(H2,72,77,90)/t36-,40-,41-,46+,48+,49-,50+,51+,52+/m1/s1. The number of primary amides is 2. The molecular weight excluding hydrogens is 1170 g/mol. The number of nitrogens with two attached hydrogens (primary N) is 4. The van der Waals surface area contributed by atoms with E-state index < -0.39 is 157 Å². The minimum Gasteiger partial charge on any atom is -0.508 e. The number of aromatic hydroxyl groups is 1. The van der Waals surface area contributed by atoms with E-state index in [1.165, 1.54) is 45.2 Å². The molecule has 0 saturated carbocycles. The number of nitrogens with one attached hydrogen (secondary N) is 8. The third-order valence-electron chi connectivity index (χ3n) is 15.2. The molecule has 9 atom stereocenters. The van der Waals surface area contributed by atoms with Crippen molar-refractivity contribution < 1.29 is 67.3 Å². The van der Waals surface area contributed by atoms with Crippen LogP contribution in [-0.2, 0) is 67.2 Å². The lowest BCUT2D eigenvalue weighted by atomic mass is 9.89. The molecule has 3 aromatic carbocycles. The molecule has 0 aliphatic carbocycles. The van der Waals surface area contributed by atoms with Crippen LogP contribution in [0.4, 0.5) is 9.18 Å². The number of aliphatic hydroxyl groups excluding tert-OH is 1. The maximum Gasteiger partial charge on any atom is 0.315 e.